The van der Waals surface area contributed by atoms with Gasteiger partial charge in [-0.25, -0.2) is 9.78 Å². The summed E-state index contributed by atoms with van der Waals surface area (Å²) in [5.74, 6) is -0.177. The number of aromatic nitrogens is 1. The van der Waals surface area contributed by atoms with Crippen LogP contribution < -0.4 is 15.0 Å². The predicted octanol–water partition coefficient (Wildman–Crippen LogP) is 5.23. The Balaban J connectivity index is 1.67. The molecule has 0 amide bonds. The van der Waals surface area contributed by atoms with E-state index in [0.29, 0.717) is 37.4 Å². The lowest BCUT2D eigenvalue weighted by Crippen LogP contribution is -2.53. The molecule has 0 spiro atoms. The molecule has 0 radical (unpaired) electrons. The Morgan fingerprint density at radius 3 is 2.50 bits per heavy atom. The van der Waals surface area contributed by atoms with Crippen molar-refractivity contribution in [2.75, 3.05) is 24.5 Å². The summed E-state index contributed by atoms with van der Waals surface area (Å²) in [5.41, 5.74) is 2.85. The molecule has 1 aliphatic rings. The van der Waals surface area contributed by atoms with Gasteiger partial charge in [-0.2, -0.15) is 0 Å². The largest absolute Gasteiger partial charge is 0.573 e. The van der Waals surface area contributed by atoms with Crippen molar-refractivity contribution in [2.24, 2.45) is 0 Å². The summed E-state index contributed by atoms with van der Waals surface area (Å²) in [6.07, 6.45) is -2.81. The average molecular weight is 500 g/mol. The zero-order valence-corrected chi connectivity index (χ0v) is 20.1. The summed E-state index contributed by atoms with van der Waals surface area (Å²) in [6.45, 7) is 5.53. The van der Waals surface area contributed by atoms with E-state index >= 15 is 0 Å². The molecule has 1 saturated heterocycles. The average Bonchev–Trinajstić information content (AvgIpc) is 2.84. The molecule has 1 aromatic heterocycles. The number of benzene rings is 2. The maximum atomic E-state index is 13.3. The van der Waals surface area contributed by atoms with Crippen molar-refractivity contribution < 1.29 is 27.4 Å². The summed E-state index contributed by atoms with van der Waals surface area (Å²) >= 11 is 0. The van der Waals surface area contributed by atoms with Crippen molar-refractivity contribution in [3.8, 4) is 16.9 Å². The number of halogens is 3. The summed E-state index contributed by atoms with van der Waals surface area (Å²) in [7, 11) is 0. The zero-order chi connectivity index (χ0) is 25.7. The molecule has 0 bridgehead atoms. The van der Waals surface area contributed by atoms with E-state index in [2.05, 4.69) is 19.9 Å². The first-order valence-electron chi connectivity index (χ1n) is 11.8. The van der Waals surface area contributed by atoms with Gasteiger partial charge in [-0.3, -0.25) is 0 Å². The molecular weight excluding hydrogens is 471 g/mol. The van der Waals surface area contributed by atoms with Crippen LogP contribution in [0, 0.1) is 0 Å². The normalized spacial score (nSPS) is 16.2. The second-order valence-corrected chi connectivity index (χ2v) is 8.82. The molecule has 4 rings (SSSR count). The maximum absolute atomic E-state index is 13.3. The van der Waals surface area contributed by atoms with Gasteiger partial charge in [0.15, 0.2) is 0 Å². The third-order valence-electron chi connectivity index (χ3n) is 5.81. The fourth-order valence-corrected chi connectivity index (χ4v) is 4.32. The Hall–Kier alpha value is -3.59. The number of ether oxygens (including phenoxy) is 2. The molecule has 1 fully saturated rings. The fourth-order valence-electron chi connectivity index (χ4n) is 4.32. The first-order chi connectivity index (χ1) is 17.2. The van der Waals surface area contributed by atoms with Gasteiger partial charge >= 0.3 is 12.3 Å². The van der Waals surface area contributed by atoms with Gasteiger partial charge in [0, 0.05) is 37.4 Å². The second-order valence-electron chi connectivity index (χ2n) is 8.82. The zero-order valence-electron chi connectivity index (χ0n) is 20.1. The molecular formula is C27H28F3N3O3. The Kier molecular flexibility index (Phi) is 7.79. The van der Waals surface area contributed by atoms with Gasteiger partial charge < -0.3 is 19.7 Å². The minimum atomic E-state index is -4.73. The molecule has 1 N–H and O–H groups in total. The highest BCUT2D eigenvalue weighted by molar-refractivity contribution is 6.02. The van der Waals surface area contributed by atoms with Crippen LogP contribution in [0.1, 0.15) is 29.8 Å². The van der Waals surface area contributed by atoms with Gasteiger partial charge in [0.1, 0.15) is 17.1 Å². The lowest BCUT2D eigenvalue weighted by Gasteiger charge is -2.38. The quantitative estimate of drug-likeness (QED) is 0.449. The number of hydrogen-bond acceptors (Lipinski definition) is 6. The molecule has 1 unspecified atom stereocenters. The van der Waals surface area contributed by atoms with E-state index in [9.17, 15) is 18.0 Å². The van der Waals surface area contributed by atoms with Crippen LogP contribution in [0.3, 0.4) is 0 Å². The molecule has 2 aromatic carbocycles. The van der Waals surface area contributed by atoms with E-state index in [1.807, 2.05) is 36.4 Å². The number of nitrogens with one attached hydrogen (secondary N) is 1. The number of pyridine rings is 1. The van der Waals surface area contributed by atoms with Crippen molar-refractivity contribution in [1.29, 1.82) is 0 Å². The Morgan fingerprint density at radius 2 is 1.83 bits per heavy atom. The van der Waals surface area contributed by atoms with Gasteiger partial charge in [-0.05, 0) is 49.6 Å². The molecule has 36 heavy (non-hydrogen) atoms. The van der Waals surface area contributed by atoms with Crippen LogP contribution in [0.2, 0.25) is 0 Å². The number of alkyl halides is 3. The van der Waals surface area contributed by atoms with E-state index in [0.717, 1.165) is 16.7 Å². The molecule has 9 heteroatoms. The molecule has 1 aliphatic heterocycles. The standard InChI is InChI=1S/C27H28F3N3O3/c1-18(2)35-26(34)24-23(20-6-4-3-5-7-20)12-13-32-25(24)33-15-14-31-17-21(33)16-19-8-10-22(11-9-19)36-27(28,29)30/h3-13,18,21,31H,14-17H2,1-2H3. The molecule has 6 nitrogen and oxygen atoms in total. The van der Waals surface area contributed by atoms with E-state index in [-0.39, 0.29) is 17.9 Å². The topological polar surface area (TPSA) is 63.7 Å². The van der Waals surface area contributed by atoms with Crippen LogP contribution in [-0.2, 0) is 11.2 Å². The first kappa shape index (κ1) is 25.5. The van der Waals surface area contributed by atoms with Crippen LogP contribution in [0.4, 0.5) is 19.0 Å². The Bertz CT molecular complexity index is 1170. The summed E-state index contributed by atoms with van der Waals surface area (Å²) in [5, 5.41) is 3.37. The summed E-state index contributed by atoms with van der Waals surface area (Å²) < 4.78 is 47.1. The lowest BCUT2D eigenvalue weighted by atomic mass is 9.98. The number of rotatable bonds is 7. The molecule has 1 atom stereocenters. The van der Waals surface area contributed by atoms with Gasteiger partial charge in [-0.1, -0.05) is 42.5 Å². The highest BCUT2D eigenvalue weighted by atomic mass is 19.4. The number of hydrogen-bond donors (Lipinski definition) is 1. The van der Waals surface area contributed by atoms with Crippen molar-refractivity contribution in [1.82, 2.24) is 10.3 Å². The van der Waals surface area contributed by atoms with Crippen LogP contribution in [0.25, 0.3) is 11.1 Å². The monoisotopic (exact) mass is 499 g/mol. The Morgan fingerprint density at radius 1 is 1.11 bits per heavy atom. The Labute approximate surface area is 208 Å². The van der Waals surface area contributed by atoms with Crippen molar-refractivity contribution >= 4 is 11.8 Å². The number of anilines is 1. The highest BCUT2D eigenvalue weighted by Crippen LogP contribution is 2.33. The smallest absolute Gasteiger partial charge is 0.459 e. The number of carbonyl (C=O) groups excluding carboxylic acids is 1. The van der Waals surface area contributed by atoms with Crippen LogP contribution in [0.5, 0.6) is 5.75 Å². The number of nitrogens with zero attached hydrogens (tertiary/aromatic N) is 2. The summed E-state index contributed by atoms with van der Waals surface area (Å²) in [4.78, 5) is 20.0. The van der Waals surface area contributed by atoms with E-state index in [4.69, 9.17) is 4.74 Å². The predicted molar refractivity (Wildman–Crippen MR) is 131 cm³/mol. The molecule has 190 valence electrons. The van der Waals surface area contributed by atoms with Crippen LogP contribution in [-0.4, -0.2) is 49.1 Å². The van der Waals surface area contributed by atoms with E-state index < -0.39 is 12.3 Å². The minimum Gasteiger partial charge on any atom is -0.459 e. The first-order valence-corrected chi connectivity index (χ1v) is 11.8. The van der Waals surface area contributed by atoms with Crippen molar-refractivity contribution in [3.63, 3.8) is 0 Å². The molecule has 0 aliphatic carbocycles. The lowest BCUT2D eigenvalue weighted by molar-refractivity contribution is -0.274. The van der Waals surface area contributed by atoms with Gasteiger partial charge in [0.05, 0.1) is 6.10 Å². The SMILES string of the molecule is CC(C)OC(=O)c1c(-c2ccccc2)ccnc1N1CCNCC1Cc1ccc(OC(F)(F)F)cc1. The number of piperazine rings is 1. The van der Waals surface area contributed by atoms with Gasteiger partial charge in [-0.15, -0.1) is 13.2 Å². The van der Waals surface area contributed by atoms with Gasteiger partial charge in [0.2, 0.25) is 0 Å². The fraction of sp³-hybridized carbons (Fsp3) is 0.333. The maximum Gasteiger partial charge on any atom is 0.573 e. The number of carbonyl (C=O) groups is 1. The van der Waals surface area contributed by atoms with Gasteiger partial charge in [0.25, 0.3) is 0 Å². The van der Waals surface area contributed by atoms with E-state index in [1.165, 1.54) is 12.1 Å². The van der Waals surface area contributed by atoms with E-state index in [1.54, 1.807) is 32.2 Å². The van der Waals surface area contributed by atoms with Crippen LogP contribution in [0.15, 0.2) is 66.9 Å². The second kappa shape index (κ2) is 11.0. The van der Waals surface area contributed by atoms with Crippen molar-refractivity contribution in [3.05, 3.63) is 78.0 Å². The molecule has 2 heterocycles. The number of esters is 1. The van der Waals surface area contributed by atoms with Crippen molar-refractivity contribution in [2.45, 2.75) is 38.8 Å². The summed E-state index contributed by atoms with van der Waals surface area (Å²) in [6, 6.07) is 17.2. The van der Waals surface area contributed by atoms with Crippen LogP contribution >= 0.6 is 0 Å². The third-order valence-corrected chi connectivity index (χ3v) is 5.81. The molecule has 0 saturated carbocycles. The third kappa shape index (κ3) is 6.34. The highest BCUT2D eigenvalue weighted by Gasteiger charge is 2.32. The molecule has 3 aromatic rings. The minimum absolute atomic E-state index is 0.0859.